The maximum atomic E-state index is 11.9. The van der Waals surface area contributed by atoms with E-state index in [9.17, 15) is 9.59 Å². The van der Waals surface area contributed by atoms with Crippen LogP contribution in [0.5, 0.6) is 0 Å². The molecule has 0 bridgehead atoms. The molecule has 1 aliphatic rings. The Kier molecular flexibility index (Phi) is 6.86. The summed E-state index contributed by atoms with van der Waals surface area (Å²) in [5.41, 5.74) is 1.59. The van der Waals surface area contributed by atoms with Gasteiger partial charge in [0.1, 0.15) is 0 Å². The lowest BCUT2D eigenvalue weighted by Crippen LogP contribution is -2.33. The highest BCUT2D eigenvalue weighted by Gasteiger charge is 2.15. The largest absolute Gasteiger partial charge is 0.347 e. The fourth-order valence-electron chi connectivity index (χ4n) is 2.69. The van der Waals surface area contributed by atoms with Gasteiger partial charge in [0.05, 0.1) is 17.3 Å². The van der Waals surface area contributed by atoms with Gasteiger partial charge in [0.2, 0.25) is 11.8 Å². The Balaban J connectivity index is 1.68. The van der Waals surface area contributed by atoms with E-state index in [0.29, 0.717) is 23.0 Å². The van der Waals surface area contributed by atoms with E-state index in [0.717, 1.165) is 37.9 Å². The first-order valence-electron chi connectivity index (χ1n) is 8.08. The number of halogens is 1. The molecule has 1 aromatic carbocycles. The molecule has 0 aromatic heterocycles. The number of nitrogens with one attached hydrogen (secondary N) is 3. The third-order valence-electron chi connectivity index (χ3n) is 4.08. The Morgan fingerprint density at radius 3 is 2.70 bits per heavy atom. The van der Waals surface area contributed by atoms with Gasteiger partial charge in [-0.3, -0.25) is 9.59 Å². The fraction of sp³-hybridized carbons (Fsp3) is 0.529. The van der Waals surface area contributed by atoms with Gasteiger partial charge in [-0.2, -0.15) is 0 Å². The summed E-state index contributed by atoms with van der Waals surface area (Å²) in [5, 5.41) is 9.17. The number of carbonyl (C=O) groups is 2. The number of benzene rings is 1. The molecule has 5 nitrogen and oxygen atoms in total. The van der Waals surface area contributed by atoms with Crippen molar-refractivity contribution in [1.82, 2.24) is 10.6 Å². The van der Waals surface area contributed by atoms with E-state index < -0.39 is 0 Å². The van der Waals surface area contributed by atoms with E-state index in [4.69, 9.17) is 11.6 Å². The highest BCUT2D eigenvalue weighted by Crippen LogP contribution is 2.22. The Morgan fingerprint density at radius 2 is 2.00 bits per heavy atom. The predicted molar refractivity (Wildman–Crippen MR) is 92.7 cm³/mol. The lowest BCUT2D eigenvalue weighted by Gasteiger charge is -2.22. The summed E-state index contributed by atoms with van der Waals surface area (Å²) in [6.07, 6.45) is 3.61. The van der Waals surface area contributed by atoms with Crippen molar-refractivity contribution >= 4 is 29.1 Å². The zero-order valence-corrected chi connectivity index (χ0v) is 14.2. The van der Waals surface area contributed by atoms with Crippen LogP contribution in [0.1, 0.15) is 31.2 Å². The van der Waals surface area contributed by atoms with Crippen molar-refractivity contribution in [2.45, 2.75) is 32.6 Å². The zero-order valence-electron chi connectivity index (χ0n) is 13.5. The van der Waals surface area contributed by atoms with E-state index in [2.05, 4.69) is 16.0 Å². The highest BCUT2D eigenvalue weighted by molar-refractivity contribution is 6.33. The van der Waals surface area contributed by atoms with E-state index >= 15 is 0 Å². The van der Waals surface area contributed by atoms with Crippen LogP contribution < -0.4 is 16.0 Å². The molecule has 0 aliphatic carbocycles. The predicted octanol–water partition coefficient (Wildman–Crippen LogP) is 2.48. The average Bonchev–Trinajstić information content (AvgIpc) is 2.54. The van der Waals surface area contributed by atoms with Crippen LogP contribution in [0.25, 0.3) is 0 Å². The maximum Gasteiger partial charge on any atom is 0.243 e. The van der Waals surface area contributed by atoms with Gasteiger partial charge in [-0.15, -0.1) is 0 Å². The lowest BCUT2D eigenvalue weighted by atomic mass is 9.93. The number of hydrogen-bond acceptors (Lipinski definition) is 3. The first-order chi connectivity index (χ1) is 11.0. The summed E-state index contributed by atoms with van der Waals surface area (Å²) in [4.78, 5) is 23.7. The molecule has 0 saturated carbocycles. The minimum absolute atomic E-state index is 0.0325. The molecule has 6 heteroatoms. The van der Waals surface area contributed by atoms with Gasteiger partial charge in [-0.25, -0.2) is 0 Å². The molecule has 126 valence electrons. The monoisotopic (exact) mass is 337 g/mol. The minimum atomic E-state index is -0.272. The molecule has 1 heterocycles. The molecule has 0 spiro atoms. The van der Waals surface area contributed by atoms with Crippen molar-refractivity contribution < 1.29 is 9.59 Å². The van der Waals surface area contributed by atoms with E-state index in [1.54, 1.807) is 12.1 Å². The third kappa shape index (κ3) is 6.20. The molecular formula is C17H24ClN3O2. The van der Waals surface area contributed by atoms with Gasteiger partial charge in [-0.1, -0.05) is 17.7 Å². The van der Waals surface area contributed by atoms with E-state index in [-0.39, 0.29) is 18.4 Å². The number of carbonyl (C=O) groups excluding carboxylic acids is 2. The molecule has 1 aliphatic heterocycles. The Labute approximate surface area is 142 Å². The van der Waals surface area contributed by atoms with Crippen molar-refractivity contribution in [3.8, 4) is 0 Å². The molecule has 2 rings (SSSR count). The van der Waals surface area contributed by atoms with Gasteiger partial charge >= 0.3 is 0 Å². The summed E-state index contributed by atoms with van der Waals surface area (Å²) < 4.78 is 0. The second-order valence-electron chi connectivity index (χ2n) is 6.04. The third-order valence-corrected chi connectivity index (χ3v) is 4.40. The van der Waals surface area contributed by atoms with Crippen LogP contribution in [-0.2, 0) is 9.59 Å². The molecule has 0 radical (unpaired) electrons. The molecule has 2 amide bonds. The number of amides is 2. The molecule has 0 atom stereocenters. The van der Waals surface area contributed by atoms with Crippen molar-refractivity contribution in [2.75, 3.05) is 25.0 Å². The van der Waals surface area contributed by atoms with Crippen LogP contribution in [-0.4, -0.2) is 31.4 Å². The van der Waals surface area contributed by atoms with Gasteiger partial charge < -0.3 is 16.0 Å². The molecule has 1 aromatic rings. The van der Waals surface area contributed by atoms with Crippen LogP contribution in [0.3, 0.4) is 0 Å². The number of piperidine rings is 1. The fourth-order valence-corrected chi connectivity index (χ4v) is 2.97. The molecule has 0 unspecified atom stereocenters. The summed E-state index contributed by atoms with van der Waals surface area (Å²) in [6.45, 7) is 3.97. The molecule has 1 fully saturated rings. The summed E-state index contributed by atoms with van der Waals surface area (Å²) in [6, 6.07) is 5.42. The quantitative estimate of drug-likeness (QED) is 0.747. The van der Waals surface area contributed by atoms with Crippen LogP contribution in [0.4, 0.5) is 5.69 Å². The molecule has 3 N–H and O–H groups in total. The minimum Gasteiger partial charge on any atom is -0.347 e. The molecule has 23 heavy (non-hydrogen) atoms. The standard InChI is InChI=1S/C17H24ClN3O2/c1-12-2-4-15(14(18)10-12)21-17(23)11-20-16(22)5-3-13-6-8-19-9-7-13/h2,4,10,13,19H,3,5-9,11H2,1H3,(H,20,22)(H,21,23). The smallest absolute Gasteiger partial charge is 0.243 e. The first kappa shape index (κ1) is 17.8. The zero-order chi connectivity index (χ0) is 16.7. The van der Waals surface area contributed by atoms with Crippen LogP contribution in [0.15, 0.2) is 18.2 Å². The highest BCUT2D eigenvalue weighted by atomic mass is 35.5. The summed E-state index contributed by atoms with van der Waals surface area (Å²) >= 11 is 6.06. The van der Waals surface area contributed by atoms with E-state index in [1.165, 1.54) is 0 Å². The number of aryl methyl sites for hydroxylation is 1. The first-order valence-corrected chi connectivity index (χ1v) is 8.46. The van der Waals surface area contributed by atoms with Crippen molar-refractivity contribution in [2.24, 2.45) is 5.92 Å². The van der Waals surface area contributed by atoms with Gasteiger partial charge in [0.15, 0.2) is 0 Å². The number of rotatable bonds is 6. The number of hydrogen-bond donors (Lipinski definition) is 3. The van der Waals surface area contributed by atoms with Gasteiger partial charge in [-0.05, 0) is 62.9 Å². The van der Waals surface area contributed by atoms with Crippen LogP contribution >= 0.6 is 11.6 Å². The van der Waals surface area contributed by atoms with E-state index in [1.807, 2.05) is 13.0 Å². The SMILES string of the molecule is Cc1ccc(NC(=O)CNC(=O)CCC2CCNCC2)c(Cl)c1. The Morgan fingerprint density at radius 1 is 1.26 bits per heavy atom. The second-order valence-corrected chi connectivity index (χ2v) is 6.45. The average molecular weight is 338 g/mol. The Bertz CT molecular complexity index is 557. The van der Waals surface area contributed by atoms with Crippen molar-refractivity contribution in [1.29, 1.82) is 0 Å². The second kappa shape index (κ2) is 8.89. The van der Waals surface area contributed by atoms with Crippen LogP contribution in [0.2, 0.25) is 5.02 Å². The molecular weight excluding hydrogens is 314 g/mol. The molecule has 1 saturated heterocycles. The summed E-state index contributed by atoms with van der Waals surface area (Å²) in [7, 11) is 0. The normalized spacial score (nSPS) is 15.2. The van der Waals surface area contributed by atoms with Crippen LogP contribution in [0, 0.1) is 12.8 Å². The van der Waals surface area contributed by atoms with Crippen molar-refractivity contribution in [3.05, 3.63) is 28.8 Å². The van der Waals surface area contributed by atoms with Gasteiger partial charge in [0.25, 0.3) is 0 Å². The van der Waals surface area contributed by atoms with Crippen molar-refractivity contribution in [3.63, 3.8) is 0 Å². The topological polar surface area (TPSA) is 70.2 Å². The number of anilines is 1. The maximum absolute atomic E-state index is 11.9. The summed E-state index contributed by atoms with van der Waals surface area (Å²) in [5.74, 6) is 0.266. The Hall–Kier alpha value is -1.59. The van der Waals surface area contributed by atoms with Gasteiger partial charge in [0, 0.05) is 6.42 Å². The lowest BCUT2D eigenvalue weighted by molar-refractivity contribution is -0.124.